The number of rotatable bonds is 4. The summed E-state index contributed by atoms with van der Waals surface area (Å²) in [6.07, 6.45) is 3.92. The molecule has 3 nitrogen and oxygen atoms in total. The van der Waals surface area contributed by atoms with Gasteiger partial charge >= 0.3 is 0 Å². The molecule has 1 aliphatic carbocycles. The zero-order valence-corrected chi connectivity index (χ0v) is 12.1. The smallest absolute Gasteiger partial charge is 0.134 e. The zero-order chi connectivity index (χ0) is 12.5. The number of nitrogens with one attached hydrogen (secondary N) is 1. The van der Waals surface area contributed by atoms with E-state index in [9.17, 15) is 0 Å². The minimum Gasteiger partial charge on any atom is -0.308 e. The van der Waals surface area contributed by atoms with Crippen LogP contribution in [-0.4, -0.2) is 16.7 Å². The maximum Gasteiger partial charge on any atom is 0.134 e. The lowest BCUT2D eigenvalue weighted by atomic mass is 9.82. The van der Waals surface area contributed by atoms with Crippen LogP contribution in [0, 0.1) is 5.41 Å². The second-order valence-corrected chi connectivity index (χ2v) is 6.73. The molecule has 1 N–H and O–H groups in total. The van der Waals surface area contributed by atoms with Gasteiger partial charge in [0.15, 0.2) is 0 Å². The zero-order valence-electron chi connectivity index (χ0n) is 11.3. The number of hydrogen-bond acceptors (Lipinski definition) is 4. The summed E-state index contributed by atoms with van der Waals surface area (Å²) in [5.74, 6) is 0.613. The first-order chi connectivity index (χ1) is 8.04. The van der Waals surface area contributed by atoms with Crippen LogP contribution in [0.1, 0.15) is 68.9 Å². The van der Waals surface area contributed by atoms with Crippen molar-refractivity contribution in [2.45, 2.75) is 58.9 Å². The monoisotopic (exact) mass is 253 g/mol. The highest BCUT2D eigenvalue weighted by molar-refractivity contribution is 7.11. The van der Waals surface area contributed by atoms with Crippen LogP contribution in [0.2, 0.25) is 0 Å². The van der Waals surface area contributed by atoms with Crippen LogP contribution in [0.3, 0.4) is 0 Å². The molecular weight excluding hydrogens is 230 g/mol. The van der Waals surface area contributed by atoms with Gasteiger partial charge in [-0.25, -0.2) is 0 Å². The highest BCUT2D eigenvalue weighted by Gasteiger charge is 2.37. The van der Waals surface area contributed by atoms with E-state index in [2.05, 4.69) is 43.2 Å². The largest absolute Gasteiger partial charge is 0.308 e. The molecule has 17 heavy (non-hydrogen) atoms. The molecule has 0 amide bonds. The van der Waals surface area contributed by atoms with Crippen LogP contribution in [0.25, 0.3) is 0 Å². The molecule has 0 aliphatic heterocycles. The van der Waals surface area contributed by atoms with E-state index in [0.29, 0.717) is 17.4 Å². The van der Waals surface area contributed by atoms with Gasteiger partial charge < -0.3 is 5.32 Å². The van der Waals surface area contributed by atoms with Crippen molar-refractivity contribution in [3.8, 4) is 0 Å². The molecule has 96 valence electrons. The van der Waals surface area contributed by atoms with Crippen LogP contribution in [-0.2, 0) is 0 Å². The Hall–Kier alpha value is -0.480. The summed E-state index contributed by atoms with van der Waals surface area (Å²) in [5, 5.41) is 14.5. The summed E-state index contributed by atoms with van der Waals surface area (Å²) in [5.41, 5.74) is 0.401. The van der Waals surface area contributed by atoms with Crippen molar-refractivity contribution < 1.29 is 0 Å². The summed E-state index contributed by atoms with van der Waals surface area (Å²) in [4.78, 5) is 0. The summed E-state index contributed by atoms with van der Waals surface area (Å²) >= 11 is 1.80. The normalized spacial score (nSPS) is 25.1. The van der Waals surface area contributed by atoms with Crippen molar-refractivity contribution in [2.75, 3.05) is 6.54 Å². The van der Waals surface area contributed by atoms with Gasteiger partial charge in [-0.2, -0.15) is 0 Å². The number of nitrogens with zero attached hydrogens (tertiary/aromatic N) is 2. The highest BCUT2D eigenvalue weighted by atomic mass is 32.1. The number of aromatic nitrogens is 2. The van der Waals surface area contributed by atoms with Gasteiger partial charge in [-0.3, -0.25) is 0 Å². The predicted octanol–water partition coefficient (Wildman–Crippen LogP) is 3.50. The van der Waals surface area contributed by atoms with Gasteiger partial charge in [-0.1, -0.05) is 38.5 Å². The second kappa shape index (κ2) is 5.02. The predicted molar refractivity (Wildman–Crippen MR) is 72.4 cm³/mol. The molecule has 1 aliphatic rings. The Labute approximate surface area is 108 Å². The summed E-state index contributed by atoms with van der Waals surface area (Å²) < 4.78 is 0. The van der Waals surface area contributed by atoms with Crippen LogP contribution in [0.4, 0.5) is 0 Å². The lowest BCUT2D eigenvalue weighted by Crippen LogP contribution is -2.17. The van der Waals surface area contributed by atoms with Crippen LogP contribution >= 0.6 is 11.3 Å². The van der Waals surface area contributed by atoms with Gasteiger partial charge in [0, 0.05) is 5.92 Å². The lowest BCUT2D eigenvalue weighted by molar-refractivity contribution is 0.330. The quantitative estimate of drug-likeness (QED) is 0.892. The van der Waals surface area contributed by atoms with E-state index >= 15 is 0 Å². The van der Waals surface area contributed by atoms with Gasteiger partial charge in [0.05, 0.1) is 6.04 Å². The average molecular weight is 253 g/mol. The molecule has 0 spiro atoms. The molecule has 1 heterocycles. The third-order valence-electron chi connectivity index (χ3n) is 3.89. The SMILES string of the molecule is CCNC(C)c1nnc(C2CCCC2(C)C)s1. The number of hydrogen-bond donors (Lipinski definition) is 1. The maximum atomic E-state index is 4.43. The fraction of sp³-hybridized carbons (Fsp3) is 0.846. The molecule has 2 atom stereocenters. The van der Waals surface area contributed by atoms with E-state index in [1.165, 1.54) is 24.3 Å². The molecule has 4 heteroatoms. The first-order valence-corrected chi connectivity index (χ1v) is 7.43. The highest BCUT2D eigenvalue weighted by Crippen LogP contribution is 2.49. The minimum atomic E-state index is 0.329. The first-order valence-electron chi connectivity index (χ1n) is 6.61. The molecule has 2 unspecified atom stereocenters. The Morgan fingerprint density at radius 1 is 1.47 bits per heavy atom. The fourth-order valence-corrected chi connectivity index (χ4v) is 3.96. The molecule has 0 radical (unpaired) electrons. The van der Waals surface area contributed by atoms with Crippen molar-refractivity contribution in [1.29, 1.82) is 0 Å². The Kier molecular flexibility index (Phi) is 3.83. The maximum absolute atomic E-state index is 4.43. The summed E-state index contributed by atoms with van der Waals surface area (Å²) in [7, 11) is 0. The van der Waals surface area contributed by atoms with Crippen molar-refractivity contribution >= 4 is 11.3 Å². The molecule has 1 saturated carbocycles. The van der Waals surface area contributed by atoms with E-state index < -0.39 is 0 Å². The van der Waals surface area contributed by atoms with Crippen molar-refractivity contribution in [1.82, 2.24) is 15.5 Å². The topological polar surface area (TPSA) is 37.8 Å². The standard InChI is InChI=1S/C13H23N3S/c1-5-14-9(2)11-15-16-12(17-11)10-7-6-8-13(10,3)4/h9-10,14H,5-8H2,1-4H3. The van der Waals surface area contributed by atoms with Crippen LogP contribution in [0.5, 0.6) is 0 Å². The van der Waals surface area contributed by atoms with Gasteiger partial charge in [0.25, 0.3) is 0 Å². The lowest BCUT2D eigenvalue weighted by Gasteiger charge is -2.24. The molecule has 1 aromatic heterocycles. The van der Waals surface area contributed by atoms with Crippen molar-refractivity contribution in [2.24, 2.45) is 5.41 Å². The van der Waals surface area contributed by atoms with Gasteiger partial charge in [0.1, 0.15) is 10.0 Å². The molecule has 1 fully saturated rings. The Morgan fingerprint density at radius 3 is 2.82 bits per heavy atom. The van der Waals surface area contributed by atoms with Crippen molar-refractivity contribution in [3.63, 3.8) is 0 Å². The molecule has 2 rings (SSSR count). The van der Waals surface area contributed by atoms with E-state index in [1.807, 2.05) is 0 Å². The van der Waals surface area contributed by atoms with Gasteiger partial charge in [0.2, 0.25) is 0 Å². The van der Waals surface area contributed by atoms with Gasteiger partial charge in [-0.15, -0.1) is 10.2 Å². The molecular formula is C13H23N3S. The van der Waals surface area contributed by atoms with Crippen molar-refractivity contribution in [3.05, 3.63) is 10.0 Å². The minimum absolute atomic E-state index is 0.329. The first kappa shape index (κ1) is 13.0. The van der Waals surface area contributed by atoms with E-state index in [0.717, 1.165) is 11.6 Å². The molecule has 0 saturated heterocycles. The average Bonchev–Trinajstić information content (AvgIpc) is 2.84. The van der Waals surface area contributed by atoms with E-state index in [-0.39, 0.29) is 0 Å². The van der Waals surface area contributed by atoms with Crippen LogP contribution in [0.15, 0.2) is 0 Å². The molecule has 0 bridgehead atoms. The Bertz CT molecular complexity index is 372. The van der Waals surface area contributed by atoms with Crippen LogP contribution < -0.4 is 5.32 Å². The second-order valence-electron chi connectivity index (χ2n) is 5.69. The summed E-state index contributed by atoms with van der Waals surface area (Å²) in [6, 6.07) is 0.329. The van der Waals surface area contributed by atoms with Gasteiger partial charge in [-0.05, 0) is 31.7 Å². The van der Waals surface area contributed by atoms with E-state index in [1.54, 1.807) is 11.3 Å². The third-order valence-corrected chi connectivity index (χ3v) is 5.11. The Balaban J connectivity index is 2.13. The molecule has 0 aromatic carbocycles. The molecule has 1 aromatic rings. The fourth-order valence-electron chi connectivity index (χ4n) is 2.74. The third kappa shape index (κ3) is 2.68. The van der Waals surface area contributed by atoms with E-state index in [4.69, 9.17) is 0 Å². The summed E-state index contributed by atoms with van der Waals surface area (Å²) in [6.45, 7) is 9.98. The Morgan fingerprint density at radius 2 is 2.24 bits per heavy atom.